The highest BCUT2D eigenvalue weighted by Gasteiger charge is 2.16. The molecule has 0 bridgehead atoms. The smallest absolute Gasteiger partial charge is 0.165 e. The SMILES string of the molecule is O=C(C[C@@H](O)c1ccccc1Cl)c1ccc(F)cc1. The van der Waals surface area contributed by atoms with Crippen LogP contribution in [0.2, 0.25) is 5.02 Å². The second kappa shape index (κ2) is 5.95. The van der Waals surface area contributed by atoms with Crippen molar-refractivity contribution in [2.45, 2.75) is 12.5 Å². The van der Waals surface area contributed by atoms with Crippen molar-refractivity contribution in [1.82, 2.24) is 0 Å². The highest BCUT2D eigenvalue weighted by Crippen LogP contribution is 2.26. The summed E-state index contributed by atoms with van der Waals surface area (Å²) in [5, 5.41) is 10.4. The maximum atomic E-state index is 12.8. The highest BCUT2D eigenvalue weighted by molar-refractivity contribution is 6.31. The van der Waals surface area contributed by atoms with E-state index in [9.17, 15) is 14.3 Å². The summed E-state index contributed by atoms with van der Waals surface area (Å²) >= 11 is 5.95. The van der Waals surface area contributed by atoms with E-state index in [1.807, 2.05) is 0 Å². The zero-order valence-electron chi connectivity index (χ0n) is 10.0. The zero-order valence-corrected chi connectivity index (χ0v) is 10.8. The fourth-order valence-corrected chi connectivity index (χ4v) is 2.05. The molecule has 0 radical (unpaired) electrons. The van der Waals surface area contributed by atoms with Crippen LogP contribution in [0, 0.1) is 5.82 Å². The van der Waals surface area contributed by atoms with E-state index in [1.54, 1.807) is 24.3 Å². The molecule has 0 saturated carbocycles. The Kier molecular flexibility index (Phi) is 4.30. The number of benzene rings is 2. The van der Waals surface area contributed by atoms with Crippen LogP contribution in [-0.4, -0.2) is 10.9 Å². The molecule has 4 heteroatoms. The fourth-order valence-electron chi connectivity index (χ4n) is 1.78. The van der Waals surface area contributed by atoms with Crippen molar-refractivity contribution in [2.75, 3.05) is 0 Å². The summed E-state index contributed by atoms with van der Waals surface area (Å²) in [7, 11) is 0. The quantitative estimate of drug-likeness (QED) is 0.864. The Balaban J connectivity index is 2.11. The molecule has 1 N–H and O–H groups in total. The predicted molar refractivity (Wildman–Crippen MR) is 71.8 cm³/mol. The molecule has 0 fully saturated rings. The van der Waals surface area contributed by atoms with Crippen LogP contribution < -0.4 is 0 Å². The molecule has 1 atom stereocenters. The monoisotopic (exact) mass is 278 g/mol. The molecular weight excluding hydrogens is 267 g/mol. The Labute approximate surface area is 115 Å². The van der Waals surface area contributed by atoms with Crippen molar-refractivity contribution in [1.29, 1.82) is 0 Å². The molecule has 2 nitrogen and oxygen atoms in total. The van der Waals surface area contributed by atoms with Gasteiger partial charge in [-0.2, -0.15) is 0 Å². The van der Waals surface area contributed by atoms with Gasteiger partial charge < -0.3 is 5.11 Å². The van der Waals surface area contributed by atoms with Crippen LogP contribution in [-0.2, 0) is 0 Å². The molecule has 0 aliphatic rings. The molecule has 2 rings (SSSR count). The number of carbonyl (C=O) groups excluding carboxylic acids is 1. The Morgan fingerprint density at radius 2 is 1.79 bits per heavy atom. The van der Waals surface area contributed by atoms with E-state index < -0.39 is 11.9 Å². The van der Waals surface area contributed by atoms with Crippen LogP contribution in [0.5, 0.6) is 0 Å². The van der Waals surface area contributed by atoms with Crippen LogP contribution in [0.3, 0.4) is 0 Å². The van der Waals surface area contributed by atoms with Crippen molar-refractivity contribution in [2.24, 2.45) is 0 Å². The van der Waals surface area contributed by atoms with E-state index >= 15 is 0 Å². The summed E-state index contributed by atoms with van der Waals surface area (Å²) in [6.07, 6.45) is -1.05. The van der Waals surface area contributed by atoms with Gasteiger partial charge in [-0.1, -0.05) is 29.8 Å². The Morgan fingerprint density at radius 3 is 2.42 bits per heavy atom. The van der Waals surface area contributed by atoms with Crippen molar-refractivity contribution >= 4 is 17.4 Å². The van der Waals surface area contributed by atoms with Crippen LogP contribution >= 0.6 is 11.6 Å². The number of aliphatic hydroxyl groups excluding tert-OH is 1. The second-order valence-corrected chi connectivity index (χ2v) is 4.58. The number of hydrogen-bond donors (Lipinski definition) is 1. The number of carbonyl (C=O) groups is 1. The number of Topliss-reactive ketones (excluding diaryl/α,β-unsaturated/α-hetero) is 1. The minimum absolute atomic E-state index is 0.0879. The average Bonchev–Trinajstić information content (AvgIpc) is 2.39. The third kappa shape index (κ3) is 3.40. The molecule has 19 heavy (non-hydrogen) atoms. The molecule has 98 valence electrons. The molecule has 0 saturated heterocycles. The van der Waals surface area contributed by atoms with Gasteiger partial charge in [0.15, 0.2) is 5.78 Å². The van der Waals surface area contributed by atoms with Gasteiger partial charge in [-0.3, -0.25) is 4.79 Å². The van der Waals surface area contributed by atoms with Crippen molar-refractivity contribution in [3.8, 4) is 0 Å². The molecular formula is C15H12ClFO2. The first-order valence-corrected chi connectivity index (χ1v) is 6.17. The molecule has 0 spiro atoms. The van der Waals surface area contributed by atoms with Gasteiger partial charge in [0, 0.05) is 17.0 Å². The summed E-state index contributed by atoms with van der Waals surface area (Å²) in [4.78, 5) is 11.9. The summed E-state index contributed by atoms with van der Waals surface area (Å²) in [6.45, 7) is 0. The lowest BCUT2D eigenvalue weighted by Gasteiger charge is -2.11. The lowest BCUT2D eigenvalue weighted by Crippen LogP contribution is -2.07. The van der Waals surface area contributed by atoms with E-state index in [2.05, 4.69) is 0 Å². The van der Waals surface area contributed by atoms with E-state index in [-0.39, 0.29) is 12.2 Å². The van der Waals surface area contributed by atoms with Gasteiger partial charge in [0.2, 0.25) is 0 Å². The topological polar surface area (TPSA) is 37.3 Å². The van der Waals surface area contributed by atoms with Gasteiger partial charge in [0.1, 0.15) is 5.82 Å². The van der Waals surface area contributed by atoms with Gasteiger partial charge in [0.25, 0.3) is 0 Å². The summed E-state index contributed by atoms with van der Waals surface area (Å²) in [5.41, 5.74) is 0.882. The molecule has 0 aliphatic carbocycles. The molecule has 0 aromatic heterocycles. The average molecular weight is 279 g/mol. The standard InChI is InChI=1S/C15H12ClFO2/c16-13-4-2-1-3-12(13)15(19)9-14(18)10-5-7-11(17)8-6-10/h1-8,15,19H,9H2/t15-/m1/s1. The van der Waals surface area contributed by atoms with Crippen LogP contribution in [0.4, 0.5) is 4.39 Å². The molecule has 2 aromatic carbocycles. The minimum Gasteiger partial charge on any atom is -0.388 e. The normalized spacial score (nSPS) is 12.2. The first kappa shape index (κ1) is 13.7. The minimum atomic E-state index is -0.966. The number of halogens is 2. The van der Waals surface area contributed by atoms with Gasteiger partial charge >= 0.3 is 0 Å². The molecule has 0 amide bonds. The van der Waals surface area contributed by atoms with Crippen LogP contribution in [0.15, 0.2) is 48.5 Å². The van der Waals surface area contributed by atoms with Crippen molar-refractivity contribution < 1.29 is 14.3 Å². The largest absolute Gasteiger partial charge is 0.388 e. The zero-order chi connectivity index (χ0) is 13.8. The summed E-state index contributed by atoms with van der Waals surface area (Å²) in [6, 6.07) is 12.1. The Bertz CT molecular complexity index is 581. The third-order valence-electron chi connectivity index (χ3n) is 2.81. The Morgan fingerprint density at radius 1 is 1.16 bits per heavy atom. The number of rotatable bonds is 4. The fraction of sp³-hybridized carbons (Fsp3) is 0.133. The lowest BCUT2D eigenvalue weighted by molar-refractivity contribution is 0.0880. The van der Waals surface area contributed by atoms with E-state index in [1.165, 1.54) is 24.3 Å². The van der Waals surface area contributed by atoms with Gasteiger partial charge in [-0.25, -0.2) is 4.39 Å². The maximum absolute atomic E-state index is 12.8. The summed E-state index contributed by atoms with van der Waals surface area (Å²) < 4.78 is 12.8. The molecule has 0 aliphatic heterocycles. The van der Waals surface area contributed by atoms with E-state index in [0.717, 1.165) is 0 Å². The van der Waals surface area contributed by atoms with Crippen molar-refractivity contribution in [3.05, 3.63) is 70.5 Å². The van der Waals surface area contributed by atoms with Crippen LogP contribution in [0.25, 0.3) is 0 Å². The number of hydrogen-bond acceptors (Lipinski definition) is 2. The third-order valence-corrected chi connectivity index (χ3v) is 3.15. The lowest BCUT2D eigenvalue weighted by atomic mass is 10.0. The Hall–Kier alpha value is -1.71. The van der Waals surface area contributed by atoms with Crippen molar-refractivity contribution in [3.63, 3.8) is 0 Å². The molecule has 0 heterocycles. The predicted octanol–water partition coefficient (Wildman–Crippen LogP) is 3.79. The summed E-state index contributed by atoms with van der Waals surface area (Å²) in [5.74, 6) is -0.657. The number of aliphatic hydroxyl groups is 1. The highest BCUT2D eigenvalue weighted by atomic mass is 35.5. The molecule has 0 unspecified atom stereocenters. The molecule has 2 aromatic rings. The second-order valence-electron chi connectivity index (χ2n) is 4.17. The first-order valence-electron chi connectivity index (χ1n) is 5.79. The van der Waals surface area contributed by atoms with E-state index in [0.29, 0.717) is 16.1 Å². The first-order chi connectivity index (χ1) is 9.08. The van der Waals surface area contributed by atoms with Crippen LogP contribution in [0.1, 0.15) is 28.4 Å². The van der Waals surface area contributed by atoms with Gasteiger partial charge in [-0.05, 0) is 35.9 Å². The number of ketones is 1. The van der Waals surface area contributed by atoms with Gasteiger partial charge in [-0.15, -0.1) is 0 Å². The van der Waals surface area contributed by atoms with Gasteiger partial charge in [0.05, 0.1) is 6.10 Å². The maximum Gasteiger partial charge on any atom is 0.165 e. The van der Waals surface area contributed by atoms with E-state index in [4.69, 9.17) is 11.6 Å².